The zero-order valence-electron chi connectivity index (χ0n) is 15.7. The second-order valence-electron chi connectivity index (χ2n) is 7.61. The molecule has 8 heteroatoms. The van der Waals surface area contributed by atoms with Crippen LogP contribution in [0.2, 0.25) is 0 Å². The van der Waals surface area contributed by atoms with Gasteiger partial charge < -0.3 is 14.6 Å². The fourth-order valence-electron chi connectivity index (χ4n) is 4.11. The Bertz CT molecular complexity index is 905. The van der Waals surface area contributed by atoms with Gasteiger partial charge >= 0.3 is 0 Å². The van der Waals surface area contributed by atoms with Crippen LogP contribution in [0.1, 0.15) is 12.0 Å². The van der Waals surface area contributed by atoms with Gasteiger partial charge in [0.05, 0.1) is 6.33 Å². The van der Waals surface area contributed by atoms with Crippen LogP contribution in [-0.2, 0) is 21.8 Å². The van der Waals surface area contributed by atoms with Crippen molar-refractivity contribution in [2.75, 3.05) is 31.6 Å². The zero-order chi connectivity index (χ0) is 19.0. The molecule has 0 amide bonds. The smallest absolute Gasteiger partial charge is 0.262 e. The van der Waals surface area contributed by atoms with Crippen LogP contribution in [0.4, 0.5) is 5.69 Å². The fourth-order valence-corrected chi connectivity index (χ4v) is 5.58. The minimum absolute atomic E-state index is 0.0528. The van der Waals surface area contributed by atoms with Gasteiger partial charge in [0.1, 0.15) is 0 Å². The van der Waals surface area contributed by atoms with Crippen LogP contribution in [0.25, 0.3) is 0 Å². The molecule has 3 atom stereocenters. The van der Waals surface area contributed by atoms with E-state index in [-0.39, 0.29) is 17.0 Å². The molecule has 0 radical (unpaired) electrons. The van der Waals surface area contributed by atoms with Crippen molar-refractivity contribution in [2.45, 2.75) is 24.4 Å². The van der Waals surface area contributed by atoms with E-state index in [9.17, 15) is 8.42 Å². The molecule has 1 aromatic heterocycles. The Hall–Kier alpha value is -1.90. The van der Waals surface area contributed by atoms with Crippen molar-refractivity contribution in [3.63, 3.8) is 0 Å². The van der Waals surface area contributed by atoms with Crippen molar-refractivity contribution >= 4 is 15.7 Å². The van der Waals surface area contributed by atoms with E-state index in [2.05, 4.69) is 29.4 Å². The van der Waals surface area contributed by atoms with Crippen LogP contribution in [0.15, 0.2) is 41.8 Å². The molecule has 2 aliphatic heterocycles. The number of benzene rings is 1. The lowest BCUT2D eigenvalue weighted by atomic mass is 9.87. The van der Waals surface area contributed by atoms with E-state index >= 15 is 0 Å². The normalized spacial score (nSPS) is 26.5. The first-order valence-corrected chi connectivity index (χ1v) is 10.8. The number of ether oxygens (including phenoxy) is 1. The van der Waals surface area contributed by atoms with Crippen molar-refractivity contribution in [3.8, 4) is 0 Å². The third-order valence-electron chi connectivity index (χ3n) is 5.56. The molecule has 146 valence electrons. The molecule has 2 aromatic rings. The maximum Gasteiger partial charge on any atom is 0.262 e. The zero-order valence-corrected chi connectivity index (χ0v) is 16.5. The number of hydrogen-bond donors (Lipinski definition) is 1. The van der Waals surface area contributed by atoms with Crippen LogP contribution in [0.3, 0.4) is 0 Å². The molecule has 2 aliphatic rings. The average molecular weight is 391 g/mol. The molecule has 0 saturated carbocycles. The van der Waals surface area contributed by atoms with Gasteiger partial charge in [-0.25, -0.2) is 13.4 Å². The standard InChI is InChI=1S/C19H26N4O3S/c1-14-4-3-5-16(8-14)21-18-10-23(9-17(18)15-6-7-26-12-15)27(24,25)19-11-22(2)13-20-19/h3-5,8,11,13,15,17-18,21H,6-7,9-10,12H2,1-2H3. The van der Waals surface area contributed by atoms with Gasteiger partial charge in [-0.1, -0.05) is 12.1 Å². The Kier molecular flexibility index (Phi) is 4.96. The van der Waals surface area contributed by atoms with Crippen molar-refractivity contribution < 1.29 is 13.2 Å². The molecule has 0 aliphatic carbocycles. The summed E-state index contributed by atoms with van der Waals surface area (Å²) in [6.07, 6.45) is 4.06. The van der Waals surface area contributed by atoms with Crippen molar-refractivity contribution in [2.24, 2.45) is 18.9 Å². The van der Waals surface area contributed by atoms with Gasteiger partial charge in [0.2, 0.25) is 0 Å². The number of imidazole rings is 1. The number of nitrogens with zero attached hydrogens (tertiary/aromatic N) is 3. The number of hydrogen-bond acceptors (Lipinski definition) is 5. The topological polar surface area (TPSA) is 76.5 Å². The molecule has 0 bridgehead atoms. The lowest BCUT2D eigenvalue weighted by molar-refractivity contribution is 0.172. The van der Waals surface area contributed by atoms with Crippen LogP contribution >= 0.6 is 0 Å². The van der Waals surface area contributed by atoms with Crippen LogP contribution in [0, 0.1) is 18.8 Å². The van der Waals surface area contributed by atoms with Crippen molar-refractivity contribution in [3.05, 3.63) is 42.4 Å². The molecule has 3 heterocycles. The molecular formula is C19H26N4O3S. The van der Waals surface area contributed by atoms with E-state index in [1.807, 2.05) is 12.1 Å². The third kappa shape index (κ3) is 3.74. The van der Waals surface area contributed by atoms with E-state index in [1.54, 1.807) is 22.1 Å². The Morgan fingerprint density at radius 1 is 1.30 bits per heavy atom. The molecule has 1 aromatic carbocycles. The minimum atomic E-state index is -3.59. The molecule has 2 fully saturated rings. The summed E-state index contributed by atoms with van der Waals surface area (Å²) in [6.45, 7) is 4.45. The Balaban J connectivity index is 1.59. The molecule has 4 rings (SSSR count). The number of aromatic nitrogens is 2. The van der Waals surface area contributed by atoms with Gasteiger partial charge in [-0.05, 0) is 42.9 Å². The van der Waals surface area contributed by atoms with E-state index in [0.717, 1.165) is 18.7 Å². The Morgan fingerprint density at radius 3 is 2.81 bits per heavy atom. The third-order valence-corrected chi connectivity index (χ3v) is 7.27. The van der Waals surface area contributed by atoms with Crippen molar-refractivity contribution in [1.29, 1.82) is 0 Å². The van der Waals surface area contributed by atoms with Crippen LogP contribution in [-0.4, -0.2) is 54.6 Å². The number of aryl methyl sites for hydroxylation is 2. The first kappa shape index (κ1) is 18.5. The first-order chi connectivity index (χ1) is 12.9. The van der Waals surface area contributed by atoms with Gasteiger partial charge in [0.15, 0.2) is 5.03 Å². The maximum atomic E-state index is 13.1. The Labute approximate surface area is 160 Å². The summed E-state index contributed by atoms with van der Waals surface area (Å²) in [4.78, 5) is 4.06. The molecule has 27 heavy (non-hydrogen) atoms. The largest absolute Gasteiger partial charge is 0.381 e. The lowest BCUT2D eigenvalue weighted by Gasteiger charge is -2.25. The number of rotatable bonds is 5. The van der Waals surface area contributed by atoms with E-state index in [4.69, 9.17) is 4.74 Å². The van der Waals surface area contributed by atoms with Crippen LogP contribution in [0.5, 0.6) is 0 Å². The van der Waals surface area contributed by atoms with Gasteiger partial charge in [-0.2, -0.15) is 4.31 Å². The summed E-state index contributed by atoms with van der Waals surface area (Å²) in [5.74, 6) is 0.586. The Morgan fingerprint density at radius 2 is 2.15 bits per heavy atom. The molecule has 2 saturated heterocycles. The second-order valence-corrected chi connectivity index (χ2v) is 9.49. The maximum absolute atomic E-state index is 13.1. The summed E-state index contributed by atoms with van der Waals surface area (Å²) < 4.78 is 34.9. The molecule has 3 unspecified atom stereocenters. The predicted octanol–water partition coefficient (Wildman–Crippen LogP) is 1.87. The summed E-state index contributed by atoms with van der Waals surface area (Å²) in [5, 5.41) is 3.69. The number of nitrogens with one attached hydrogen (secondary N) is 1. The molecule has 7 nitrogen and oxygen atoms in total. The van der Waals surface area contributed by atoms with Crippen LogP contribution < -0.4 is 5.32 Å². The summed E-state index contributed by atoms with van der Waals surface area (Å²) in [6, 6.07) is 8.25. The van der Waals surface area contributed by atoms with Gasteiger partial charge in [-0.15, -0.1) is 0 Å². The fraction of sp³-hybridized carbons (Fsp3) is 0.526. The highest BCUT2D eigenvalue weighted by atomic mass is 32.2. The molecule has 1 N–H and O–H groups in total. The molecular weight excluding hydrogens is 364 g/mol. The number of anilines is 1. The minimum Gasteiger partial charge on any atom is -0.381 e. The van der Waals surface area contributed by atoms with Gasteiger partial charge in [-0.3, -0.25) is 0 Å². The van der Waals surface area contributed by atoms with E-state index < -0.39 is 10.0 Å². The highest BCUT2D eigenvalue weighted by molar-refractivity contribution is 7.89. The van der Waals surface area contributed by atoms with Gasteiger partial charge in [0.25, 0.3) is 10.0 Å². The quantitative estimate of drug-likeness (QED) is 0.843. The van der Waals surface area contributed by atoms with Crippen molar-refractivity contribution in [1.82, 2.24) is 13.9 Å². The monoisotopic (exact) mass is 390 g/mol. The second kappa shape index (κ2) is 7.26. The molecule has 0 spiro atoms. The highest BCUT2D eigenvalue weighted by Gasteiger charge is 2.44. The van der Waals surface area contributed by atoms with E-state index in [1.165, 1.54) is 11.9 Å². The average Bonchev–Trinajstić information content (AvgIpc) is 3.34. The number of sulfonamides is 1. The summed E-state index contributed by atoms with van der Waals surface area (Å²) in [5.41, 5.74) is 2.21. The SMILES string of the molecule is Cc1cccc(NC2CN(S(=O)(=O)c3cn(C)cn3)CC2C2CCOC2)c1. The lowest BCUT2D eigenvalue weighted by Crippen LogP contribution is -2.33. The van der Waals surface area contributed by atoms with E-state index in [0.29, 0.717) is 25.6 Å². The van der Waals surface area contributed by atoms with Gasteiger partial charge in [0, 0.05) is 51.3 Å². The predicted molar refractivity (Wildman–Crippen MR) is 103 cm³/mol. The highest BCUT2D eigenvalue weighted by Crippen LogP contribution is 2.34. The first-order valence-electron chi connectivity index (χ1n) is 9.32. The summed E-state index contributed by atoms with van der Waals surface area (Å²) in [7, 11) is -1.82. The summed E-state index contributed by atoms with van der Waals surface area (Å²) >= 11 is 0.